The van der Waals surface area contributed by atoms with Crippen LogP contribution in [0, 0.1) is 0 Å². The van der Waals surface area contributed by atoms with Crippen LogP contribution in [0.15, 0.2) is 217 Å². The van der Waals surface area contributed by atoms with Crippen LogP contribution in [0.3, 0.4) is 0 Å². The van der Waals surface area contributed by atoms with E-state index in [1.54, 1.807) is 0 Å². The molecule has 0 saturated heterocycles. The van der Waals surface area contributed by atoms with Crippen molar-refractivity contribution in [2.24, 2.45) is 0 Å². The van der Waals surface area contributed by atoms with Crippen molar-refractivity contribution in [3.8, 4) is 44.5 Å². The Labute approximate surface area is 355 Å². The third-order valence-electron chi connectivity index (χ3n) is 13.0. The Kier molecular flexibility index (Phi) is 7.92. The molecule has 0 saturated carbocycles. The number of hydrogen-bond donors (Lipinski definition) is 0. The first-order chi connectivity index (χ1) is 30.0. The Morgan fingerprint density at radius 2 is 1.05 bits per heavy atom. The highest BCUT2D eigenvalue weighted by Crippen LogP contribution is 2.54. The van der Waals surface area contributed by atoms with E-state index in [1.165, 1.54) is 66.1 Å². The average Bonchev–Trinajstić information content (AvgIpc) is 3.80. The van der Waals surface area contributed by atoms with Crippen LogP contribution in [-0.2, 0) is 5.41 Å². The lowest BCUT2D eigenvalue weighted by Crippen LogP contribution is -2.15. The minimum atomic E-state index is -0.139. The molecule has 10 aromatic carbocycles. The predicted molar refractivity (Wildman–Crippen MR) is 257 cm³/mol. The first kappa shape index (κ1) is 35.3. The van der Waals surface area contributed by atoms with Crippen LogP contribution in [-0.4, -0.2) is 0 Å². The number of hydrogen-bond acceptors (Lipinski definition) is 2. The molecular weight excluding hydrogens is 739 g/mol. The second-order valence-corrected chi connectivity index (χ2v) is 16.9. The lowest BCUT2D eigenvalue weighted by molar-refractivity contribution is 0.666. The van der Waals surface area contributed by atoms with Crippen molar-refractivity contribution in [1.82, 2.24) is 0 Å². The van der Waals surface area contributed by atoms with Crippen molar-refractivity contribution >= 4 is 60.5 Å². The lowest BCUT2D eigenvalue weighted by atomic mass is 9.80. The molecule has 0 aliphatic heterocycles. The summed E-state index contributed by atoms with van der Waals surface area (Å²) in [5, 5.41) is 7.31. The minimum absolute atomic E-state index is 0.139. The summed E-state index contributed by atoms with van der Waals surface area (Å²) in [6.07, 6.45) is 0. The van der Waals surface area contributed by atoms with Crippen LogP contribution in [0.5, 0.6) is 0 Å². The van der Waals surface area contributed by atoms with Crippen molar-refractivity contribution in [3.63, 3.8) is 0 Å². The molecule has 2 nitrogen and oxygen atoms in total. The van der Waals surface area contributed by atoms with Gasteiger partial charge in [-0.1, -0.05) is 172 Å². The third kappa shape index (κ3) is 5.64. The van der Waals surface area contributed by atoms with E-state index >= 15 is 0 Å². The zero-order valence-electron chi connectivity index (χ0n) is 34.1. The molecule has 1 aliphatic rings. The maximum Gasteiger partial charge on any atom is 0.136 e. The van der Waals surface area contributed by atoms with Crippen LogP contribution in [0.25, 0.3) is 88.0 Å². The van der Waals surface area contributed by atoms with Gasteiger partial charge in [0, 0.05) is 33.1 Å². The third-order valence-corrected chi connectivity index (χ3v) is 13.0. The van der Waals surface area contributed by atoms with E-state index in [2.05, 4.69) is 219 Å². The van der Waals surface area contributed by atoms with Crippen molar-refractivity contribution < 1.29 is 4.42 Å². The Morgan fingerprint density at radius 1 is 0.377 bits per heavy atom. The van der Waals surface area contributed by atoms with Gasteiger partial charge in [0.25, 0.3) is 0 Å². The summed E-state index contributed by atoms with van der Waals surface area (Å²) >= 11 is 0. The number of furan rings is 1. The number of benzene rings is 10. The molecule has 0 unspecified atom stereocenters. The Bertz CT molecular complexity index is 3500. The molecule has 0 bridgehead atoms. The smallest absolute Gasteiger partial charge is 0.136 e. The fourth-order valence-corrected chi connectivity index (χ4v) is 10.1. The summed E-state index contributed by atoms with van der Waals surface area (Å²) in [6.45, 7) is 4.76. The van der Waals surface area contributed by atoms with E-state index < -0.39 is 0 Å². The molecule has 288 valence electrons. The molecule has 0 amide bonds. The maximum absolute atomic E-state index is 6.30. The number of fused-ring (bicyclic) bond motifs is 9. The standard InChI is InChI=1S/C59H41NO/c1-59(2)53-34-28-44(36-52(53)51-33-26-41-16-8-9-18-48(41)58(51)59)57-47(40-14-4-3-5-15-40)20-12-21-54(57)60(46-31-25-38-13-6-7-17-42(38)35-46)45-29-23-39(24-30-45)43-27-32-50-49-19-10-11-22-55(49)61-56(50)37-43/h3-37H,1-2H3. The lowest BCUT2D eigenvalue weighted by Gasteiger charge is -2.30. The van der Waals surface area contributed by atoms with Gasteiger partial charge in [0.1, 0.15) is 11.2 Å². The average molecular weight is 780 g/mol. The Hall–Kier alpha value is -7.68. The van der Waals surface area contributed by atoms with E-state index in [9.17, 15) is 0 Å². The number of anilines is 3. The van der Waals surface area contributed by atoms with Crippen LogP contribution in [0.4, 0.5) is 17.1 Å². The molecule has 0 radical (unpaired) electrons. The highest BCUT2D eigenvalue weighted by atomic mass is 16.3. The van der Waals surface area contributed by atoms with E-state index in [0.29, 0.717) is 0 Å². The number of nitrogens with zero attached hydrogens (tertiary/aromatic N) is 1. The monoisotopic (exact) mass is 779 g/mol. The first-order valence-electron chi connectivity index (χ1n) is 21.2. The van der Waals surface area contributed by atoms with Crippen molar-refractivity contribution in [2.75, 3.05) is 4.90 Å². The number of rotatable bonds is 6. The summed E-state index contributed by atoms with van der Waals surface area (Å²) in [5.41, 5.74) is 17.4. The Morgan fingerprint density at radius 3 is 1.90 bits per heavy atom. The largest absolute Gasteiger partial charge is 0.456 e. The first-order valence-corrected chi connectivity index (χ1v) is 21.2. The van der Waals surface area contributed by atoms with Crippen molar-refractivity contribution in [3.05, 3.63) is 223 Å². The van der Waals surface area contributed by atoms with E-state index in [0.717, 1.165) is 50.1 Å². The summed E-state index contributed by atoms with van der Waals surface area (Å²) in [6, 6.07) is 77.6. The van der Waals surface area contributed by atoms with Gasteiger partial charge in [0.15, 0.2) is 0 Å². The van der Waals surface area contributed by atoms with Crippen LogP contribution in [0.2, 0.25) is 0 Å². The Balaban J connectivity index is 1.06. The van der Waals surface area contributed by atoms with Gasteiger partial charge in [-0.2, -0.15) is 0 Å². The fourth-order valence-electron chi connectivity index (χ4n) is 10.1. The highest BCUT2D eigenvalue weighted by molar-refractivity contribution is 6.06. The number of para-hydroxylation sites is 1. The molecule has 1 heterocycles. The van der Waals surface area contributed by atoms with Gasteiger partial charge in [0.2, 0.25) is 0 Å². The highest BCUT2D eigenvalue weighted by Gasteiger charge is 2.37. The maximum atomic E-state index is 6.30. The second kappa shape index (κ2) is 13.7. The normalized spacial score (nSPS) is 12.9. The summed E-state index contributed by atoms with van der Waals surface area (Å²) in [4.78, 5) is 2.44. The molecule has 61 heavy (non-hydrogen) atoms. The predicted octanol–water partition coefficient (Wildman–Crippen LogP) is 16.7. The summed E-state index contributed by atoms with van der Waals surface area (Å²) < 4.78 is 6.30. The minimum Gasteiger partial charge on any atom is -0.456 e. The van der Waals surface area contributed by atoms with Gasteiger partial charge < -0.3 is 9.32 Å². The SMILES string of the molecule is CC1(C)c2ccc(-c3c(-c4ccccc4)cccc3N(c3ccc(-c4ccc5c(c4)oc4ccccc45)cc3)c3ccc4ccccc4c3)cc2-c2ccc3ccccc3c21. The zero-order valence-corrected chi connectivity index (χ0v) is 34.1. The van der Waals surface area contributed by atoms with Gasteiger partial charge in [-0.05, 0) is 126 Å². The van der Waals surface area contributed by atoms with E-state index in [-0.39, 0.29) is 5.41 Å². The molecule has 11 aromatic rings. The van der Waals surface area contributed by atoms with Crippen molar-refractivity contribution in [2.45, 2.75) is 19.3 Å². The molecule has 1 aromatic heterocycles. The van der Waals surface area contributed by atoms with Crippen LogP contribution < -0.4 is 4.90 Å². The molecule has 12 rings (SSSR count). The van der Waals surface area contributed by atoms with Gasteiger partial charge >= 0.3 is 0 Å². The molecule has 1 aliphatic carbocycles. The zero-order chi connectivity index (χ0) is 40.7. The van der Waals surface area contributed by atoms with E-state index in [4.69, 9.17) is 4.42 Å². The topological polar surface area (TPSA) is 16.4 Å². The fraction of sp³-hybridized carbons (Fsp3) is 0.0508. The molecule has 0 fully saturated rings. The van der Waals surface area contributed by atoms with Crippen molar-refractivity contribution in [1.29, 1.82) is 0 Å². The van der Waals surface area contributed by atoms with Gasteiger partial charge in [-0.3, -0.25) is 0 Å². The second-order valence-electron chi connectivity index (χ2n) is 16.9. The quantitative estimate of drug-likeness (QED) is 0.167. The molecule has 0 N–H and O–H groups in total. The van der Waals surface area contributed by atoms with Gasteiger partial charge in [0.05, 0.1) is 5.69 Å². The van der Waals surface area contributed by atoms with Crippen LogP contribution in [0.1, 0.15) is 25.0 Å². The summed E-state index contributed by atoms with van der Waals surface area (Å²) in [7, 11) is 0. The van der Waals surface area contributed by atoms with E-state index in [1.807, 2.05) is 12.1 Å². The molecule has 0 spiro atoms. The summed E-state index contributed by atoms with van der Waals surface area (Å²) in [5.74, 6) is 0. The van der Waals surface area contributed by atoms with Crippen LogP contribution >= 0.6 is 0 Å². The van der Waals surface area contributed by atoms with Gasteiger partial charge in [-0.25, -0.2) is 0 Å². The molecule has 0 atom stereocenters. The molecule has 2 heteroatoms. The molecular formula is C59H41NO. The van der Waals surface area contributed by atoms with Gasteiger partial charge in [-0.15, -0.1) is 0 Å².